The summed E-state index contributed by atoms with van der Waals surface area (Å²) in [5.74, 6) is -2.12. The van der Waals surface area contributed by atoms with Crippen molar-refractivity contribution in [2.24, 2.45) is 50.2 Å². The van der Waals surface area contributed by atoms with Crippen molar-refractivity contribution in [2.45, 2.75) is 242 Å². The molecule has 0 radical (unpaired) electrons. The lowest BCUT2D eigenvalue weighted by Gasteiger charge is -2.71. The number of allylic oxidation sites excluding steroid dienone is 2. The molecule has 0 amide bonds. The van der Waals surface area contributed by atoms with Crippen molar-refractivity contribution in [1.29, 1.82) is 0 Å². The first-order chi connectivity index (χ1) is 35.0. The summed E-state index contributed by atoms with van der Waals surface area (Å²) >= 11 is 0. The number of aliphatic carboxylic acids is 1. The third-order valence-corrected chi connectivity index (χ3v) is 21.0. The fourth-order valence-corrected chi connectivity index (χ4v) is 16.2. The number of carboxylic acid groups (broad SMARTS) is 1. The van der Waals surface area contributed by atoms with Crippen LogP contribution in [0.5, 0.6) is 0 Å². The van der Waals surface area contributed by atoms with Gasteiger partial charge in [0.2, 0.25) is 6.29 Å². The summed E-state index contributed by atoms with van der Waals surface area (Å²) in [6.45, 7) is 16.0. The molecule has 9 rings (SSSR count). The molecule has 22 nitrogen and oxygen atoms in total. The van der Waals surface area contributed by atoms with Gasteiger partial charge >= 0.3 is 11.9 Å². The molecule has 0 bridgehead atoms. The third kappa shape index (κ3) is 9.36. The molecule has 27 atom stereocenters. The molecule has 12 N–H and O–H groups in total. The highest BCUT2D eigenvalue weighted by Crippen LogP contribution is 2.76. The van der Waals surface area contributed by atoms with Crippen LogP contribution in [0.2, 0.25) is 0 Å². The molecular formula is C53H84O22. The van der Waals surface area contributed by atoms with Crippen LogP contribution in [-0.4, -0.2) is 209 Å². The second kappa shape index (κ2) is 20.5. The number of hydrogen-bond acceptors (Lipinski definition) is 21. The minimum atomic E-state index is -2.04. The van der Waals surface area contributed by atoms with Crippen molar-refractivity contribution in [3.05, 3.63) is 11.6 Å². The molecule has 22 heteroatoms. The molecule has 8 fully saturated rings. The number of hydrogen-bond donors (Lipinski definition) is 12. The van der Waals surface area contributed by atoms with Gasteiger partial charge in [-0.2, -0.15) is 0 Å². The van der Waals surface area contributed by atoms with Crippen LogP contribution in [0.1, 0.15) is 120 Å². The fraction of sp³-hybridized carbons (Fsp3) is 0.925. The molecule has 0 unspecified atom stereocenters. The van der Waals surface area contributed by atoms with Crippen molar-refractivity contribution >= 4 is 11.9 Å². The number of carbonyl (C=O) groups is 2. The summed E-state index contributed by atoms with van der Waals surface area (Å²) in [5, 5.41) is 128. The van der Waals surface area contributed by atoms with E-state index in [2.05, 4.69) is 54.5 Å². The van der Waals surface area contributed by atoms with Crippen molar-refractivity contribution < 1.29 is 109 Å². The Morgan fingerprint density at radius 1 is 0.640 bits per heavy atom. The molecule has 75 heavy (non-hydrogen) atoms. The van der Waals surface area contributed by atoms with Gasteiger partial charge in [-0.15, -0.1) is 0 Å². The number of carboxylic acids is 1. The Balaban J connectivity index is 0.994. The average Bonchev–Trinajstić information content (AvgIpc) is 3.34. The predicted octanol–water partition coefficient (Wildman–Crippen LogP) is -0.276. The normalized spacial score (nSPS) is 53.5. The van der Waals surface area contributed by atoms with Crippen molar-refractivity contribution in [2.75, 3.05) is 13.2 Å². The Morgan fingerprint density at radius 2 is 1.28 bits per heavy atom. The number of fused-ring (bicyclic) bond motifs is 7. The molecule has 9 aliphatic rings. The van der Waals surface area contributed by atoms with Crippen LogP contribution in [0.25, 0.3) is 0 Å². The second-order valence-corrected chi connectivity index (χ2v) is 25.8. The van der Waals surface area contributed by atoms with E-state index in [4.69, 9.17) is 37.9 Å². The van der Waals surface area contributed by atoms with Gasteiger partial charge in [0.25, 0.3) is 0 Å². The summed E-state index contributed by atoms with van der Waals surface area (Å²) in [5.41, 5.74) is -1.31. The molecule has 0 spiro atoms. The van der Waals surface area contributed by atoms with Crippen LogP contribution in [-0.2, 0) is 47.5 Å². The number of rotatable bonds is 10. The summed E-state index contributed by atoms with van der Waals surface area (Å²) in [6, 6.07) is 0. The Kier molecular flexibility index (Phi) is 15.8. The van der Waals surface area contributed by atoms with Gasteiger partial charge in [0, 0.05) is 0 Å². The molecule has 0 aromatic rings. The molecule has 4 saturated carbocycles. The van der Waals surface area contributed by atoms with Gasteiger partial charge in [0.05, 0.1) is 30.8 Å². The molecular weight excluding hydrogens is 989 g/mol. The highest BCUT2D eigenvalue weighted by atomic mass is 16.8. The average molecular weight is 1070 g/mol. The van der Waals surface area contributed by atoms with Crippen molar-refractivity contribution in [3.63, 3.8) is 0 Å². The maximum absolute atomic E-state index is 14.8. The lowest BCUT2D eigenvalue weighted by molar-refractivity contribution is -0.390. The highest BCUT2D eigenvalue weighted by Gasteiger charge is 2.70. The topological polar surface area (TPSA) is 351 Å². The summed E-state index contributed by atoms with van der Waals surface area (Å²) in [6.07, 6.45) is -23.3. The maximum Gasteiger partial charge on any atom is 0.335 e. The van der Waals surface area contributed by atoms with E-state index in [-0.39, 0.29) is 39.4 Å². The van der Waals surface area contributed by atoms with Crippen molar-refractivity contribution in [1.82, 2.24) is 0 Å². The lowest BCUT2D eigenvalue weighted by Crippen LogP contribution is -2.68. The van der Waals surface area contributed by atoms with E-state index in [0.717, 1.165) is 32.1 Å². The minimum Gasteiger partial charge on any atom is -0.479 e. The van der Waals surface area contributed by atoms with Crippen LogP contribution < -0.4 is 0 Å². The Labute approximate surface area is 437 Å². The van der Waals surface area contributed by atoms with Gasteiger partial charge in [0.1, 0.15) is 79.4 Å². The zero-order chi connectivity index (χ0) is 54.9. The van der Waals surface area contributed by atoms with E-state index >= 15 is 0 Å². The summed E-state index contributed by atoms with van der Waals surface area (Å²) in [7, 11) is 0. The first-order valence-corrected chi connectivity index (χ1v) is 27.1. The molecule has 4 aliphatic heterocycles. The van der Waals surface area contributed by atoms with Crippen LogP contribution in [0.3, 0.4) is 0 Å². The first-order valence-electron chi connectivity index (χ1n) is 27.1. The Bertz CT molecular complexity index is 2120. The van der Waals surface area contributed by atoms with Gasteiger partial charge < -0.3 is 99.2 Å². The van der Waals surface area contributed by atoms with E-state index in [1.807, 2.05) is 0 Å². The number of aliphatic hydroxyl groups is 11. The summed E-state index contributed by atoms with van der Waals surface area (Å²) in [4.78, 5) is 27.6. The number of esters is 1. The number of ether oxygens (including phenoxy) is 8. The first kappa shape index (κ1) is 57.6. The quantitative estimate of drug-likeness (QED) is 0.0761. The Hall–Kier alpha value is -2.04. The maximum atomic E-state index is 14.8. The van der Waals surface area contributed by atoms with E-state index in [1.54, 1.807) is 0 Å². The molecule has 0 aromatic carbocycles. The monoisotopic (exact) mass is 1070 g/mol. The van der Waals surface area contributed by atoms with Gasteiger partial charge in [-0.3, -0.25) is 4.79 Å². The van der Waals surface area contributed by atoms with E-state index in [0.29, 0.717) is 32.1 Å². The molecule has 0 aromatic heterocycles. The van der Waals surface area contributed by atoms with E-state index < -0.39 is 159 Å². The van der Waals surface area contributed by atoms with Crippen molar-refractivity contribution in [3.8, 4) is 0 Å². The molecule has 428 valence electrons. The van der Waals surface area contributed by atoms with Crippen LogP contribution in [0, 0.1) is 50.2 Å². The third-order valence-electron chi connectivity index (χ3n) is 21.0. The molecule has 5 aliphatic carbocycles. The standard InChI is InChI=1S/C53H84O22/c1-22-30(56)33(59)36(62)44(69-22)72-39-38(64)40(42(65)66)73-46(41(39)74-43-35(61)31(57)25(55)21-68-43)71-29-12-13-50(6)27(49(29,4)5)11-14-52(8)28(50)10-9-23-24-19-48(2,3)15-17-53(24,18-16-51(23,52)7)47(67)75-45-37(63)34(60)32(58)26(20-54)70-45/h9,22,24-41,43-46,54-64H,10-21H2,1-8H3,(H,65,66)/t22-,24-,25+,26+,27-,28+,29-,30-,31-,32+,33+,34-,35+,36+,37+,38-,39-,40-,41+,43-,44-,45-,46+,50-,51+,52+,53-/m0/s1. The van der Waals surface area contributed by atoms with Gasteiger partial charge in [-0.25, -0.2) is 4.79 Å². The number of carbonyl (C=O) groups excluding carboxylic acids is 1. The zero-order valence-corrected chi connectivity index (χ0v) is 44.3. The second-order valence-electron chi connectivity index (χ2n) is 25.8. The van der Waals surface area contributed by atoms with E-state index in [9.17, 15) is 70.9 Å². The summed E-state index contributed by atoms with van der Waals surface area (Å²) < 4.78 is 48.3. The van der Waals surface area contributed by atoms with E-state index in [1.165, 1.54) is 12.5 Å². The molecule has 4 heterocycles. The van der Waals surface area contributed by atoms with Crippen LogP contribution in [0.4, 0.5) is 0 Å². The Morgan fingerprint density at radius 3 is 1.96 bits per heavy atom. The van der Waals surface area contributed by atoms with Crippen LogP contribution >= 0.6 is 0 Å². The number of aliphatic hydroxyl groups excluding tert-OH is 11. The highest BCUT2D eigenvalue weighted by molar-refractivity contribution is 5.79. The fourth-order valence-electron chi connectivity index (χ4n) is 16.2. The van der Waals surface area contributed by atoms with Gasteiger partial charge in [-0.1, -0.05) is 60.1 Å². The largest absolute Gasteiger partial charge is 0.479 e. The van der Waals surface area contributed by atoms with Gasteiger partial charge in [0.15, 0.2) is 25.0 Å². The lowest BCUT2D eigenvalue weighted by atomic mass is 9.33. The predicted molar refractivity (Wildman–Crippen MR) is 256 cm³/mol. The minimum absolute atomic E-state index is 0.0291. The van der Waals surface area contributed by atoms with Gasteiger partial charge in [-0.05, 0) is 116 Å². The van der Waals surface area contributed by atoms with Crippen LogP contribution in [0.15, 0.2) is 11.6 Å². The SMILES string of the molecule is C[C@@H]1O[C@@H](O[C@H]2[C@H](O)[C@@H](C(=O)O)O[C@@H](O[C@H]3CC[C@]4(C)[C@H]5CC=C6[C@@H]7CC(C)(C)CC[C@]7(C(=O)O[C@@H]7O[C@H](CO)[C@@H](O)[C@H](O)[C@H]7O)CC[C@@]6(C)[C@]5(C)CC[C@H]4C3(C)C)[C@@H]2O[C@@H]2OC[C@@H](O)[C@H](O)[C@H]2O)[C@H](O)[C@H](O)[C@H]1O. The smallest absolute Gasteiger partial charge is 0.335 e. The molecule has 4 saturated heterocycles. The zero-order valence-electron chi connectivity index (χ0n) is 44.3.